The van der Waals surface area contributed by atoms with Gasteiger partial charge in [-0.25, -0.2) is 0 Å². The lowest BCUT2D eigenvalue weighted by atomic mass is 9.97. The topological polar surface area (TPSA) is 60.2 Å². The molecule has 0 fully saturated rings. The van der Waals surface area contributed by atoms with Crippen LogP contribution in [0, 0.1) is 0 Å². The van der Waals surface area contributed by atoms with Crippen molar-refractivity contribution in [2.75, 3.05) is 0 Å². The van der Waals surface area contributed by atoms with Gasteiger partial charge >= 0.3 is 0 Å². The van der Waals surface area contributed by atoms with Gasteiger partial charge in [-0.05, 0) is 0 Å². The Hall–Kier alpha value is -2.26. The lowest BCUT2D eigenvalue weighted by Gasteiger charge is -2.09. The Morgan fingerprint density at radius 3 is 1.39 bits per heavy atom. The number of rotatable bonds is 4. The highest BCUT2D eigenvalue weighted by Gasteiger charge is 2.23. The predicted octanol–water partition coefficient (Wildman–Crippen LogP) is 2.08. The SMILES string of the molecule is NC(C(=O)c1ccccc1)C(=O)c1ccccc1. The van der Waals surface area contributed by atoms with E-state index in [1.807, 2.05) is 0 Å². The smallest absolute Gasteiger partial charge is 0.187 e. The summed E-state index contributed by atoms with van der Waals surface area (Å²) in [6.07, 6.45) is 0. The number of hydrogen-bond acceptors (Lipinski definition) is 3. The number of nitrogens with two attached hydrogens (primary N) is 1. The van der Waals surface area contributed by atoms with Crippen LogP contribution < -0.4 is 5.73 Å². The zero-order valence-electron chi connectivity index (χ0n) is 9.74. The molecule has 0 unspecified atom stereocenters. The molecular weight excluding hydrogens is 226 g/mol. The van der Waals surface area contributed by atoms with Crippen LogP contribution in [0.25, 0.3) is 0 Å². The van der Waals surface area contributed by atoms with Crippen LogP contribution in [0.2, 0.25) is 0 Å². The Labute approximate surface area is 105 Å². The van der Waals surface area contributed by atoms with Crippen molar-refractivity contribution in [2.24, 2.45) is 5.73 Å². The first-order chi connectivity index (χ1) is 8.70. The van der Waals surface area contributed by atoms with E-state index in [9.17, 15) is 9.59 Å². The molecule has 2 aromatic carbocycles. The molecule has 90 valence electrons. The molecule has 0 aliphatic heterocycles. The minimum atomic E-state index is -1.14. The number of Topliss-reactive ketones (excluding diaryl/α,β-unsaturated/α-hetero) is 2. The molecule has 3 nitrogen and oxygen atoms in total. The fourth-order valence-electron chi connectivity index (χ4n) is 1.68. The molecule has 0 amide bonds. The summed E-state index contributed by atoms with van der Waals surface area (Å²) in [7, 11) is 0. The Balaban J connectivity index is 2.20. The summed E-state index contributed by atoms with van der Waals surface area (Å²) in [4.78, 5) is 24.0. The first-order valence-electron chi connectivity index (χ1n) is 5.64. The van der Waals surface area contributed by atoms with Crippen molar-refractivity contribution in [2.45, 2.75) is 6.04 Å². The van der Waals surface area contributed by atoms with Crippen LogP contribution in [0.1, 0.15) is 20.7 Å². The molecule has 0 bridgehead atoms. The highest BCUT2D eigenvalue weighted by molar-refractivity contribution is 6.19. The van der Waals surface area contributed by atoms with E-state index in [0.29, 0.717) is 11.1 Å². The molecule has 18 heavy (non-hydrogen) atoms. The van der Waals surface area contributed by atoms with Gasteiger partial charge in [-0.15, -0.1) is 0 Å². The van der Waals surface area contributed by atoms with Crippen molar-refractivity contribution in [3.05, 3.63) is 71.8 Å². The summed E-state index contributed by atoms with van der Waals surface area (Å²) >= 11 is 0. The third kappa shape index (κ3) is 2.52. The van der Waals surface area contributed by atoms with E-state index in [4.69, 9.17) is 5.73 Å². The quantitative estimate of drug-likeness (QED) is 0.656. The summed E-state index contributed by atoms with van der Waals surface area (Å²) in [5.41, 5.74) is 6.63. The molecule has 0 atom stereocenters. The molecule has 0 aliphatic rings. The van der Waals surface area contributed by atoms with Gasteiger partial charge < -0.3 is 5.73 Å². The van der Waals surface area contributed by atoms with Gasteiger partial charge in [0.25, 0.3) is 0 Å². The van der Waals surface area contributed by atoms with Gasteiger partial charge in [0.05, 0.1) is 0 Å². The maximum Gasteiger partial charge on any atom is 0.187 e. The fraction of sp³-hybridized carbons (Fsp3) is 0.0667. The summed E-state index contributed by atoms with van der Waals surface area (Å²) in [6, 6.07) is 16.1. The van der Waals surface area contributed by atoms with Crippen LogP contribution in [0.4, 0.5) is 0 Å². The first-order valence-corrected chi connectivity index (χ1v) is 5.64. The van der Waals surface area contributed by atoms with Gasteiger partial charge in [-0.3, -0.25) is 9.59 Å². The zero-order valence-corrected chi connectivity index (χ0v) is 9.74. The molecule has 0 heterocycles. The summed E-state index contributed by atoms with van der Waals surface area (Å²) < 4.78 is 0. The fourth-order valence-corrected chi connectivity index (χ4v) is 1.68. The van der Waals surface area contributed by atoms with E-state index in [-0.39, 0.29) is 11.6 Å². The van der Waals surface area contributed by atoms with Crippen LogP contribution >= 0.6 is 0 Å². The van der Waals surface area contributed by atoms with E-state index in [1.165, 1.54) is 0 Å². The van der Waals surface area contributed by atoms with Crippen molar-refractivity contribution >= 4 is 11.6 Å². The van der Waals surface area contributed by atoms with E-state index >= 15 is 0 Å². The highest BCUT2D eigenvalue weighted by atomic mass is 16.2. The van der Waals surface area contributed by atoms with Crippen molar-refractivity contribution in [3.8, 4) is 0 Å². The molecule has 2 aromatic rings. The van der Waals surface area contributed by atoms with Crippen LogP contribution in [0.15, 0.2) is 60.7 Å². The third-order valence-corrected chi connectivity index (χ3v) is 2.68. The molecule has 3 heteroatoms. The Morgan fingerprint density at radius 1 is 0.722 bits per heavy atom. The van der Waals surface area contributed by atoms with E-state index < -0.39 is 6.04 Å². The second-order valence-electron chi connectivity index (χ2n) is 3.94. The molecule has 0 saturated carbocycles. The number of benzene rings is 2. The summed E-state index contributed by atoms with van der Waals surface area (Å²) in [6.45, 7) is 0. The monoisotopic (exact) mass is 239 g/mol. The Morgan fingerprint density at radius 2 is 1.06 bits per heavy atom. The molecule has 0 radical (unpaired) electrons. The molecular formula is C15H13NO2. The molecule has 2 rings (SSSR count). The van der Waals surface area contributed by atoms with Crippen LogP contribution in [0.5, 0.6) is 0 Å². The highest BCUT2D eigenvalue weighted by Crippen LogP contribution is 2.08. The van der Waals surface area contributed by atoms with Gasteiger partial charge in [-0.1, -0.05) is 60.7 Å². The predicted molar refractivity (Wildman–Crippen MR) is 69.5 cm³/mol. The van der Waals surface area contributed by atoms with E-state index in [0.717, 1.165) is 0 Å². The van der Waals surface area contributed by atoms with Crippen LogP contribution in [-0.2, 0) is 0 Å². The van der Waals surface area contributed by atoms with Crippen LogP contribution in [-0.4, -0.2) is 17.6 Å². The minimum Gasteiger partial charge on any atom is -0.315 e. The first kappa shape index (κ1) is 12.2. The van der Waals surface area contributed by atoms with Gasteiger partial charge in [0.15, 0.2) is 11.6 Å². The second-order valence-corrected chi connectivity index (χ2v) is 3.94. The average molecular weight is 239 g/mol. The van der Waals surface area contributed by atoms with E-state index in [2.05, 4.69) is 0 Å². The Bertz CT molecular complexity index is 498. The lowest BCUT2D eigenvalue weighted by Crippen LogP contribution is -2.38. The number of hydrogen-bond donors (Lipinski definition) is 1. The number of ketones is 2. The van der Waals surface area contributed by atoms with E-state index in [1.54, 1.807) is 60.7 Å². The van der Waals surface area contributed by atoms with Crippen molar-refractivity contribution < 1.29 is 9.59 Å². The largest absolute Gasteiger partial charge is 0.315 e. The van der Waals surface area contributed by atoms with Gasteiger partial charge in [-0.2, -0.15) is 0 Å². The maximum absolute atomic E-state index is 12.0. The molecule has 0 aliphatic carbocycles. The normalized spacial score (nSPS) is 10.3. The zero-order chi connectivity index (χ0) is 13.0. The summed E-state index contributed by atoms with van der Waals surface area (Å²) in [5, 5.41) is 0. The number of carbonyl (C=O) groups is 2. The van der Waals surface area contributed by atoms with Gasteiger partial charge in [0, 0.05) is 11.1 Å². The lowest BCUT2D eigenvalue weighted by molar-refractivity contribution is 0.0863. The molecule has 0 saturated heterocycles. The Kier molecular flexibility index (Phi) is 3.65. The second kappa shape index (κ2) is 5.38. The molecule has 0 aromatic heterocycles. The standard InChI is InChI=1S/C15H13NO2/c16-13(14(17)11-7-3-1-4-8-11)15(18)12-9-5-2-6-10-12/h1-10,13H,16H2. The van der Waals surface area contributed by atoms with Crippen molar-refractivity contribution in [1.82, 2.24) is 0 Å². The third-order valence-electron chi connectivity index (χ3n) is 2.68. The molecule has 2 N–H and O–H groups in total. The summed E-state index contributed by atoms with van der Waals surface area (Å²) in [5.74, 6) is -0.714. The van der Waals surface area contributed by atoms with Crippen LogP contribution in [0.3, 0.4) is 0 Å². The van der Waals surface area contributed by atoms with Crippen molar-refractivity contribution in [3.63, 3.8) is 0 Å². The number of carbonyl (C=O) groups excluding carboxylic acids is 2. The minimum absolute atomic E-state index is 0.357. The van der Waals surface area contributed by atoms with Gasteiger partial charge in [0.1, 0.15) is 6.04 Å². The van der Waals surface area contributed by atoms with Gasteiger partial charge in [0.2, 0.25) is 0 Å². The van der Waals surface area contributed by atoms with Crippen molar-refractivity contribution in [1.29, 1.82) is 0 Å². The molecule has 0 spiro atoms. The average Bonchev–Trinajstić information content (AvgIpc) is 2.47. The maximum atomic E-state index is 12.0.